The normalized spacial score (nSPS) is 14.4. The molecule has 0 aliphatic rings. The number of hydrogen-bond donors (Lipinski definition) is 4. The maximum atomic E-state index is 13.7. The molecule has 0 aliphatic heterocycles. The number of hydrogen-bond acceptors (Lipinski definition) is 5. The molecule has 0 aromatic heterocycles. The smallest absolute Gasteiger partial charge is 0.273 e. The lowest BCUT2D eigenvalue weighted by Gasteiger charge is -2.35. The topological polar surface area (TPSA) is 117 Å². The Kier molecular flexibility index (Phi) is 9.78. The number of nitrogens with one attached hydrogen (secondary N) is 3. The Hall–Kier alpha value is -3.23. The first-order chi connectivity index (χ1) is 16.8. The third-order valence-electron chi connectivity index (χ3n) is 5.65. The lowest BCUT2D eigenvalue weighted by Crippen LogP contribution is -2.59. The van der Waals surface area contributed by atoms with Gasteiger partial charge in [-0.25, -0.2) is 5.48 Å². The molecule has 0 spiro atoms. The summed E-state index contributed by atoms with van der Waals surface area (Å²) >= 11 is 0. The zero-order valence-electron chi connectivity index (χ0n) is 22.1. The van der Waals surface area contributed by atoms with E-state index in [0.717, 1.165) is 16.3 Å². The van der Waals surface area contributed by atoms with Gasteiger partial charge < -0.3 is 15.4 Å². The molecule has 0 radical (unpaired) electrons. The summed E-state index contributed by atoms with van der Waals surface area (Å²) in [5.41, 5.74) is 1.29. The molecule has 196 valence electrons. The first kappa shape index (κ1) is 29.0. The van der Waals surface area contributed by atoms with E-state index in [2.05, 4.69) is 17.2 Å². The zero-order valence-corrected chi connectivity index (χ0v) is 22.1. The lowest BCUT2D eigenvalue weighted by molar-refractivity contribution is -0.150. The van der Waals surface area contributed by atoms with Gasteiger partial charge in [0.2, 0.25) is 11.8 Å². The maximum Gasteiger partial charge on any atom is 0.273 e. The molecule has 8 nitrogen and oxygen atoms in total. The molecule has 4 N–H and O–H groups in total. The third kappa shape index (κ3) is 8.17. The molecule has 2 aromatic carbocycles. The van der Waals surface area contributed by atoms with Crippen LogP contribution >= 0.6 is 0 Å². The van der Waals surface area contributed by atoms with E-state index in [1.54, 1.807) is 5.48 Å². The van der Waals surface area contributed by atoms with Gasteiger partial charge in [0.25, 0.3) is 5.91 Å². The number of carbonyl (C=O) groups is 3. The second-order valence-electron chi connectivity index (χ2n) is 11.1. The molecule has 3 atom stereocenters. The van der Waals surface area contributed by atoms with Gasteiger partial charge in [-0.2, -0.15) is 0 Å². The van der Waals surface area contributed by atoms with Crippen molar-refractivity contribution in [3.63, 3.8) is 0 Å². The first-order valence-electron chi connectivity index (χ1n) is 12.0. The molecule has 2 rings (SSSR count). The Bertz CT molecular complexity index is 1080. The highest BCUT2D eigenvalue weighted by molar-refractivity contribution is 5.93. The van der Waals surface area contributed by atoms with Gasteiger partial charge in [-0.3, -0.25) is 19.6 Å². The number of fused-ring (bicyclic) bond motifs is 1. The molecule has 0 heterocycles. The van der Waals surface area contributed by atoms with Crippen LogP contribution in [0.25, 0.3) is 10.8 Å². The summed E-state index contributed by atoms with van der Waals surface area (Å²) in [5.74, 6) is -2.76. The van der Waals surface area contributed by atoms with Gasteiger partial charge in [-0.05, 0) is 48.9 Å². The zero-order chi connectivity index (χ0) is 27.1. The summed E-state index contributed by atoms with van der Waals surface area (Å²) in [6.45, 7) is 14.7. The van der Waals surface area contributed by atoms with Gasteiger partial charge in [0.05, 0.1) is 12.5 Å². The quantitative estimate of drug-likeness (QED) is 0.228. The Balaban J connectivity index is 2.45. The van der Waals surface area contributed by atoms with Gasteiger partial charge in [0, 0.05) is 5.54 Å². The summed E-state index contributed by atoms with van der Waals surface area (Å²) < 4.78 is 5.64. The Morgan fingerprint density at radius 2 is 1.61 bits per heavy atom. The average molecular weight is 498 g/mol. The number of ether oxygens (including phenoxy) is 1. The van der Waals surface area contributed by atoms with E-state index in [0.29, 0.717) is 0 Å². The molecule has 0 fully saturated rings. The predicted octanol–water partition coefficient (Wildman–Crippen LogP) is 3.52. The van der Waals surface area contributed by atoms with Crippen molar-refractivity contribution in [1.29, 1.82) is 0 Å². The van der Waals surface area contributed by atoms with Crippen molar-refractivity contribution in [3.8, 4) is 0 Å². The molecule has 0 saturated carbocycles. The van der Waals surface area contributed by atoms with Crippen LogP contribution in [0.5, 0.6) is 0 Å². The number of rotatable bonds is 10. The molecule has 0 aliphatic carbocycles. The summed E-state index contributed by atoms with van der Waals surface area (Å²) in [7, 11) is 0. The van der Waals surface area contributed by atoms with Crippen LogP contribution in [0.2, 0.25) is 0 Å². The van der Waals surface area contributed by atoms with Crippen molar-refractivity contribution in [2.45, 2.75) is 65.6 Å². The number of carbonyl (C=O) groups excluding carboxylic acids is 3. The van der Waals surface area contributed by atoms with E-state index >= 15 is 0 Å². The maximum absolute atomic E-state index is 13.7. The molecule has 36 heavy (non-hydrogen) atoms. The highest BCUT2D eigenvalue weighted by Gasteiger charge is 2.40. The van der Waals surface area contributed by atoms with Crippen molar-refractivity contribution in [3.05, 3.63) is 60.7 Å². The predicted molar refractivity (Wildman–Crippen MR) is 140 cm³/mol. The number of benzene rings is 2. The highest BCUT2D eigenvalue weighted by Crippen LogP contribution is 2.24. The van der Waals surface area contributed by atoms with Crippen molar-refractivity contribution >= 4 is 28.5 Å². The van der Waals surface area contributed by atoms with Crippen LogP contribution in [0.4, 0.5) is 0 Å². The monoisotopic (exact) mass is 497 g/mol. The fourth-order valence-corrected chi connectivity index (χ4v) is 3.93. The molecule has 0 bridgehead atoms. The largest absolute Gasteiger partial charge is 0.363 e. The summed E-state index contributed by atoms with van der Waals surface area (Å²) in [4.78, 5) is 39.4. The van der Waals surface area contributed by atoms with Crippen LogP contribution in [0.1, 0.15) is 47.1 Å². The van der Waals surface area contributed by atoms with Crippen LogP contribution in [-0.4, -0.2) is 47.2 Å². The Morgan fingerprint density at radius 3 is 2.17 bits per heavy atom. The molecule has 0 unspecified atom stereocenters. The molecular weight excluding hydrogens is 458 g/mol. The van der Waals surface area contributed by atoms with Crippen molar-refractivity contribution in [2.24, 2.45) is 11.3 Å². The van der Waals surface area contributed by atoms with Gasteiger partial charge >= 0.3 is 0 Å². The van der Waals surface area contributed by atoms with Gasteiger partial charge in [0.15, 0.2) is 6.10 Å². The van der Waals surface area contributed by atoms with E-state index < -0.39 is 40.8 Å². The Morgan fingerprint density at radius 1 is 0.972 bits per heavy atom. The molecule has 3 amide bonds. The lowest BCUT2D eigenvalue weighted by atomic mass is 9.84. The van der Waals surface area contributed by atoms with Crippen molar-refractivity contribution in [1.82, 2.24) is 16.1 Å². The van der Waals surface area contributed by atoms with Crippen LogP contribution in [0.15, 0.2) is 55.1 Å². The van der Waals surface area contributed by atoms with E-state index in [1.165, 1.54) is 6.08 Å². The highest BCUT2D eigenvalue weighted by atomic mass is 16.5. The van der Waals surface area contributed by atoms with Crippen LogP contribution < -0.4 is 16.1 Å². The average Bonchev–Trinajstić information content (AvgIpc) is 2.79. The second-order valence-corrected chi connectivity index (χ2v) is 11.1. The molecule has 2 aromatic rings. The Labute approximate surface area is 213 Å². The van der Waals surface area contributed by atoms with Gasteiger partial charge in [-0.15, -0.1) is 6.58 Å². The SMILES string of the molecule is C=CCO[C@H](C(=O)NO)[C@@H](Cc1ccc2ccccc2c1)C(=O)N[C@H](C(=O)NC(C)(C)C)C(C)(C)C. The second kappa shape index (κ2) is 12.1. The molecular formula is C28H39N3O5. The summed E-state index contributed by atoms with van der Waals surface area (Å²) in [6.07, 6.45) is 0.284. The van der Waals surface area contributed by atoms with Gasteiger partial charge in [0.1, 0.15) is 6.04 Å². The first-order valence-corrected chi connectivity index (χ1v) is 12.0. The minimum absolute atomic E-state index is 0.00715. The summed E-state index contributed by atoms with van der Waals surface area (Å²) in [5, 5.41) is 17.2. The number of amides is 3. The summed E-state index contributed by atoms with van der Waals surface area (Å²) in [6, 6.07) is 12.7. The van der Waals surface area contributed by atoms with Crippen LogP contribution in [0.3, 0.4) is 0 Å². The fourth-order valence-electron chi connectivity index (χ4n) is 3.93. The van der Waals surface area contributed by atoms with Gasteiger partial charge in [-0.1, -0.05) is 69.3 Å². The molecule has 0 saturated heterocycles. The minimum Gasteiger partial charge on any atom is -0.363 e. The standard InChI is InChI=1S/C28H39N3O5/c1-8-15-36-22(25(33)31-35)21(17-18-13-14-19-11-9-10-12-20(19)16-18)24(32)29-23(27(2,3)4)26(34)30-28(5,6)7/h8-14,16,21-23,35H,1,15,17H2,2-7H3,(H,29,32)(H,30,34)(H,31,33)/t21-,22+,23-/m1/s1. The van der Waals surface area contributed by atoms with Crippen molar-refractivity contribution < 1.29 is 24.3 Å². The number of hydroxylamine groups is 1. The van der Waals surface area contributed by atoms with E-state index in [-0.39, 0.29) is 18.9 Å². The van der Waals surface area contributed by atoms with Crippen LogP contribution in [0, 0.1) is 11.3 Å². The minimum atomic E-state index is -1.31. The van der Waals surface area contributed by atoms with Crippen molar-refractivity contribution in [2.75, 3.05) is 6.61 Å². The molecule has 8 heteroatoms. The fraction of sp³-hybridized carbons (Fsp3) is 0.464. The third-order valence-corrected chi connectivity index (χ3v) is 5.65. The van der Waals surface area contributed by atoms with Crippen LogP contribution in [-0.2, 0) is 25.5 Å². The van der Waals surface area contributed by atoms with E-state index in [1.807, 2.05) is 84.0 Å². The van der Waals surface area contributed by atoms with E-state index in [4.69, 9.17) is 4.74 Å². The van der Waals surface area contributed by atoms with E-state index in [9.17, 15) is 19.6 Å².